The number of benzene rings is 4. The van der Waals surface area contributed by atoms with Crippen LogP contribution in [0.15, 0.2) is 95.4 Å². The van der Waals surface area contributed by atoms with E-state index >= 15 is 0 Å². The van der Waals surface area contributed by atoms with E-state index in [2.05, 4.69) is 94.9 Å². The smallest absolute Gasteiger partial charge is 0.456 e. The maximum atomic E-state index is 6.10. The largest absolute Gasteiger partial charge is 0.503 e. The molecule has 0 radical (unpaired) electrons. The van der Waals surface area contributed by atoms with Gasteiger partial charge in [0.1, 0.15) is 11.2 Å². The summed E-state index contributed by atoms with van der Waals surface area (Å²) in [6, 6.07) is 34.9. The minimum Gasteiger partial charge on any atom is -0.456 e. The Morgan fingerprint density at radius 1 is 0.621 bits per heavy atom. The lowest BCUT2D eigenvalue weighted by Gasteiger charge is -1.96. The Hall–Kier alpha value is -3.94. The fraction of sp³-hybridized carbons (Fsp3) is 0.0385. The van der Waals surface area contributed by atoms with Gasteiger partial charge in [0.2, 0.25) is 11.4 Å². The molecule has 0 atom stereocenters. The molecule has 6 rings (SSSR count). The molecule has 0 unspecified atom stereocenters. The van der Waals surface area contributed by atoms with Crippen molar-refractivity contribution >= 4 is 50.7 Å². The summed E-state index contributed by atoms with van der Waals surface area (Å²) in [5, 5.41) is 2.28. The molecule has 1 aromatic heterocycles. The maximum absolute atomic E-state index is 6.10. The highest BCUT2D eigenvalue weighted by molar-refractivity contribution is 6.05. The van der Waals surface area contributed by atoms with Crippen LogP contribution in [0.25, 0.3) is 21.9 Å². The number of aryl methyl sites for hydroxylation is 1. The predicted octanol–water partition coefficient (Wildman–Crippen LogP) is 6.75. The second-order valence-corrected chi connectivity index (χ2v) is 7.37. The van der Waals surface area contributed by atoms with E-state index < -0.39 is 0 Å². The second-order valence-electron chi connectivity index (χ2n) is 7.37. The zero-order valence-corrected chi connectivity index (χ0v) is 16.0. The highest BCUT2D eigenvalue weighted by Gasteiger charge is 2.36. The SMILES string of the molecule is Cc1ccc([N+]2=C=[N+](c3ccc4c(c3)oc3ccccc34)c3ccccc32)cc1. The third kappa shape index (κ3) is 2.46. The molecule has 0 fully saturated rings. The molecule has 2 heterocycles. The monoisotopic (exact) mass is 374 g/mol. The average Bonchev–Trinajstić information content (AvgIpc) is 3.32. The summed E-state index contributed by atoms with van der Waals surface area (Å²) in [6.45, 7) is 2.10. The summed E-state index contributed by atoms with van der Waals surface area (Å²) in [5.41, 5.74) is 7.37. The summed E-state index contributed by atoms with van der Waals surface area (Å²) in [6.07, 6.45) is 0. The van der Waals surface area contributed by atoms with Gasteiger partial charge >= 0.3 is 6.01 Å². The van der Waals surface area contributed by atoms with Crippen molar-refractivity contribution in [1.29, 1.82) is 0 Å². The van der Waals surface area contributed by atoms with Crippen molar-refractivity contribution in [2.24, 2.45) is 0 Å². The summed E-state index contributed by atoms with van der Waals surface area (Å²) in [5.74, 6) is 0. The van der Waals surface area contributed by atoms with E-state index in [0.29, 0.717) is 0 Å². The molecule has 1 aliphatic rings. The summed E-state index contributed by atoms with van der Waals surface area (Å²) >= 11 is 0. The molecule has 0 bridgehead atoms. The van der Waals surface area contributed by atoms with Crippen LogP contribution in [0.1, 0.15) is 5.56 Å². The van der Waals surface area contributed by atoms with Crippen LogP contribution in [-0.4, -0.2) is 6.01 Å². The maximum Gasteiger partial charge on any atom is 0.503 e. The van der Waals surface area contributed by atoms with Crippen LogP contribution in [0.3, 0.4) is 0 Å². The number of hydrogen-bond acceptors (Lipinski definition) is 1. The summed E-state index contributed by atoms with van der Waals surface area (Å²) in [4.78, 5) is 0. The molecule has 1 aliphatic heterocycles. The van der Waals surface area contributed by atoms with Gasteiger partial charge in [0.15, 0.2) is 0 Å². The molecule has 0 N–H and O–H groups in total. The van der Waals surface area contributed by atoms with Crippen molar-refractivity contribution < 1.29 is 4.42 Å². The third-order valence-electron chi connectivity index (χ3n) is 5.48. The first kappa shape index (κ1) is 16.1. The van der Waals surface area contributed by atoms with Crippen LogP contribution in [0.4, 0.5) is 22.7 Å². The first-order chi connectivity index (χ1) is 14.3. The van der Waals surface area contributed by atoms with E-state index in [9.17, 15) is 0 Å². The van der Waals surface area contributed by atoms with Crippen LogP contribution in [-0.2, 0) is 0 Å². The average molecular weight is 374 g/mol. The molecule has 0 aliphatic carbocycles. The lowest BCUT2D eigenvalue weighted by molar-refractivity contribution is 0.668. The Balaban J connectivity index is 1.58. The Morgan fingerprint density at radius 2 is 1.24 bits per heavy atom. The minimum absolute atomic E-state index is 0.886. The fourth-order valence-corrected chi connectivity index (χ4v) is 3.99. The highest BCUT2D eigenvalue weighted by atomic mass is 16.3. The molecule has 0 spiro atoms. The lowest BCUT2D eigenvalue weighted by Crippen LogP contribution is -2.00. The van der Waals surface area contributed by atoms with E-state index in [0.717, 1.165) is 44.7 Å². The highest BCUT2D eigenvalue weighted by Crippen LogP contribution is 2.37. The molecule has 29 heavy (non-hydrogen) atoms. The molecule has 5 aromatic rings. The molecular formula is C26H18N2O+2. The topological polar surface area (TPSA) is 19.2 Å². The first-order valence-electron chi connectivity index (χ1n) is 9.71. The van der Waals surface area contributed by atoms with Crippen molar-refractivity contribution in [2.75, 3.05) is 0 Å². The van der Waals surface area contributed by atoms with Crippen LogP contribution >= 0.6 is 0 Å². The molecule has 0 amide bonds. The molecule has 0 saturated carbocycles. The van der Waals surface area contributed by atoms with Crippen LogP contribution < -0.4 is 9.15 Å². The Kier molecular flexibility index (Phi) is 3.34. The van der Waals surface area contributed by atoms with Crippen LogP contribution in [0, 0.1) is 6.92 Å². The zero-order valence-electron chi connectivity index (χ0n) is 16.0. The van der Waals surface area contributed by atoms with Crippen molar-refractivity contribution in [3.8, 4) is 0 Å². The Morgan fingerprint density at radius 3 is 2.03 bits per heavy atom. The molecule has 3 nitrogen and oxygen atoms in total. The predicted molar refractivity (Wildman–Crippen MR) is 119 cm³/mol. The van der Waals surface area contributed by atoms with Crippen molar-refractivity contribution in [3.63, 3.8) is 0 Å². The zero-order chi connectivity index (χ0) is 19.4. The van der Waals surface area contributed by atoms with Gasteiger partial charge in [-0.05, 0) is 28.2 Å². The van der Waals surface area contributed by atoms with E-state index in [1.165, 1.54) is 5.56 Å². The van der Waals surface area contributed by atoms with Gasteiger partial charge in [-0.3, -0.25) is 0 Å². The number of furan rings is 1. The number of para-hydroxylation sites is 3. The Bertz CT molecular complexity index is 1480. The summed E-state index contributed by atoms with van der Waals surface area (Å²) < 4.78 is 10.3. The number of hydrogen-bond donors (Lipinski definition) is 0. The molecule has 136 valence electrons. The van der Waals surface area contributed by atoms with Gasteiger partial charge in [0, 0.05) is 41.1 Å². The normalized spacial score (nSPS) is 12.9. The number of nitrogens with zero attached hydrogens (tertiary/aromatic N) is 2. The van der Waals surface area contributed by atoms with Gasteiger partial charge in [0.05, 0.1) is 6.07 Å². The van der Waals surface area contributed by atoms with E-state index in [4.69, 9.17) is 4.42 Å². The summed E-state index contributed by atoms with van der Waals surface area (Å²) in [7, 11) is 0. The van der Waals surface area contributed by atoms with Gasteiger partial charge in [-0.2, -0.15) is 0 Å². The molecule has 4 aromatic carbocycles. The standard InChI is InChI=1S/C26H18N2O/c1-18-10-12-19(13-11-18)27-17-28(24-8-4-3-7-23(24)27)20-14-15-22-21-6-2-5-9-25(21)29-26(22)16-20/h2-16H,1H3/q+2. The second kappa shape index (κ2) is 6.03. The molecule has 3 heteroatoms. The van der Waals surface area contributed by atoms with E-state index in [-0.39, 0.29) is 0 Å². The van der Waals surface area contributed by atoms with E-state index in [1.807, 2.05) is 18.2 Å². The fourth-order valence-electron chi connectivity index (χ4n) is 3.99. The van der Waals surface area contributed by atoms with Gasteiger partial charge in [-0.1, -0.05) is 48.0 Å². The quantitative estimate of drug-likeness (QED) is 0.307. The Labute approximate surface area is 168 Å². The third-order valence-corrected chi connectivity index (χ3v) is 5.48. The minimum atomic E-state index is 0.886. The lowest BCUT2D eigenvalue weighted by atomic mass is 10.1. The van der Waals surface area contributed by atoms with Crippen molar-refractivity contribution in [2.45, 2.75) is 6.92 Å². The van der Waals surface area contributed by atoms with E-state index in [1.54, 1.807) is 0 Å². The number of rotatable bonds is 2. The van der Waals surface area contributed by atoms with Gasteiger partial charge < -0.3 is 4.42 Å². The van der Waals surface area contributed by atoms with Crippen LogP contribution in [0.2, 0.25) is 0 Å². The van der Waals surface area contributed by atoms with Crippen LogP contribution in [0.5, 0.6) is 0 Å². The number of fused-ring (bicyclic) bond motifs is 4. The van der Waals surface area contributed by atoms with Crippen molar-refractivity contribution in [1.82, 2.24) is 9.15 Å². The van der Waals surface area contributed by atoms with Gasteiger partial charge in [-0.15, -0.1) is 0 Å². The van der Waals surface area contributed by atoms with Crippen molar-refractivity contribution in [3.05, 3.63) is 96.6 Å². The first-order valence-corrected chi connectivity index (χ1v) is 9.71. The molecule has 0 saturated heterocycles. The molecular weight excluding hydrogens is 356 g/mol. The van der Waals surface area contributed by atoms with Gasteiger partial charge in [0.25, 0.3) is 11.4 Å². The van der Waals surface area contributed by atoms with Gasteiger partial charge in [-0.25, -0.2) is 0 Å².